The molecule has 0 atom stereocenters. The van der Waals surface area contributed by atoms with Crippen LogP contribution in [0.3, 0.4) is 0 Å². The number of aromatic nitrogens is 1. The Balaban J connectivity index is 1.62. The van der Waals surface area contributed by atoms with Gasteiger partial charge in [0, 0.05) is 35.3 Å². The molecule has 146 valence electrons. The summed E-state index contributed by atoms with van der Waals surface area (Å²) in [5, 5.41) is 3.35. The van der Waals surface area contributed by atoms with Gasteiger partial charge < -0.3 is 4.57 Å². The molecule has 1 N–H and O–H groups in total. The van der Waals surface area contributed by atoms with Crippen molar-refractivity contribution < 1.29 is 9.59 Å². The van der Waals surface area contributed by atoms with Gasteiger partial charge in [0.15, 0.2) is 0 Å². The summed E-state index contributed by atoms with van der Waals surface area (Å²) >= 11 is 0. The highest BCUT2D eigenvalue weighted by Gasteiger charge is 2.25. The second-order valence-electron chi connectivity index (χ2n) is 7.55. The van der Waals surface area contributed by atoms with Crippen molar-refractivity contribution in [2.45, 2.75) is 13.0 Å². The molecule has 0 fully saturated rings. The van der Waals surface area contributed by atoms with Crippen LogP contribution in [0.5, 0.6) is 0 Å². The topological polar surface area (TPSA) is 51.1 Å². The van der Waals surface area contributed by atoms with E-state index < -0.39 is 0 Å². The van der Waals surface area contributed by atoms with Gasteiger partial charge in [-0.05, 0) is 35.2 Å². The third-order valence-corrected chi connectivity index (χ3v) is 5.44. The van der Waals surface area contributed by atoms with Gasteiger partial charge in [0.1, 0.15) is 0 Å². The average Bonchev–Trinajstić information content (AvgIpc) is 3.28. The van der Waals surface area contributed by atoms with Crippen molar-refractivity contribution in [1.29, 1.82) is 0 Å². The number of imide groups is 1. The molecule has 0 unspecified atom stereocenters. The van der Waals surface area contributed by atoms with E-state index in [0.29, 0.717) is 12.1 Å². The van der Waals surface area contributed by atoms with Gasteiger partial charge in [0.25, 0.3) is 11.8 Å². The minimum absolute atomic E-state index is 0.341. The molecule has 4 nitrogen and oxygen atoms in total. The fourth-order valence-electron chi connectivity index (χ4n) is 4.02. The molecule has 0 spiro atoms. The normalized spacial score (nSPS) is 13.5. The van der Waals surface area contributed by atoms with E-state index in [1.165, 1.54) is 17.2 Å². The number of hydrogen-bond acceptors (Lipinski definition) is 2. The Morgan fingerprint density at radius 3 is 2.13 bits per heavy atom. The van der Waals surface area contributed by atoms with Crippen LogP contribution in [0.15, 0.2) is 91.1 Å². The van der Waals surface area contributed by atoms with Gasteiger partial charge in [-0.15, -0.1) is 0 Å². The van der Waals surface area contributed by atoms with Crippen LogP contribution in [-0.2, 0) is 22.6 Å². The van der Waals surface area contributed by atoms with Crippen molar-refractivity contribution >= 4 is 28.3 Å². The number of nitrogens with one attached hydrogen (secondary N) is 1. The highest BCUT2D eigenvalue weighted by atomic mass is 16.2. The van der Waals surface area contributed by atoms with Crippen molar-refractivity contribution in [1.82, 2.24) is 9.88 Å². The third kappa shape index (κ3) is 3.44. The molecule has 0 saturated carbocycles. The number of fused-ring (bicyclic) bond motifs is 1. The maximum absolute atomic E-state index is 12.4. The summed E-state index contributed by atoms with van der Waals surface area (Å²) in [5.41, 5.74) is 5.83. The Kier molecular flexibility index (Phi) is 4.52. The number of nitrogens with zero attached hydrogens (tertiary/aromatic N) is 1. The molecule has 1 aliphatic heterocycles. The maximum atomic E-state index is 12.4. The fraction of sp³-hybridized carbons (Fsp3) is 0.0769. The number of carbonyl (C=O) groups is 2. The second kappa shape index (κ2) is 7.48. The molecule has 0 aliphatic carbocycles. The van der Waals surface area contributed by atoms with Crippen molar-refractivity contribution in [3.8, 4) is 0 Å². The van der Waals surface area contributed by atoms with E-state index in [4.69, 9.17) is 0 Å². The fourth-order valence-corrected chi connectivity index (χ4v) is 4.02. The average molecular weight is 392 g/mol. The third-order valence-electron chi connectivity index (χ3n) is 5.44. The molecule has 0 bridgehead atoms. The summed E-state index contributed by atoms with van der Waals surface area (Å²) in [5.74, 6) is -0.702. The number of rotatable bonds is 5. The molecule has 30 heavy (non-hydrogen) atoms. The molecule has 0 saturated heterocycles. The van der Waals surface area contributed by atoms with Crippen LogP contribution < -0.4 is 5.32 Å². The predicted octanol–water partition coefficient (Wildman–Crippen LogP) is 4.32. The lowest BCUT2D eigenvalue weighted by Crippen LogP contribution is -2.21. The standard InChI is InChI=1S/C26H20N2O2/c29-25-15-22(26(30)27-25)23-17-28(16-19-9-5-2-6-10-19)24-12-11-20(14-21(23)24)13-18-7-3-1-4-8-18/h1-12,14-15,17H,13,16H2,(H,27,29,30). The lowest BCUT2D eigenvalue weighted by atomic mass is 10.00. The first-order valence-corrected chi connectivity index (χ1v) is 9.94. The first-order valence-electron chi connectivity index (χ1n) is 9.94. The van der Waals surface area contributed by atoms with Crippen LogP contribution in [0.25, 0.3) is 16.5 Å². The van der Waals surface area contributed by atoms with Crippen LogP contribution >= 0.6 is 0 Å². The Labute approximate surface area is 174 Å². The molecule has 2 heterocycles. The van der Waals surface area contributed by atoms with E-state index in [1.54, 1.807) is 0 Å². The van der Waals surface area contributed by atoms with Crippen LogP contribution in [0.4, 0.5) is 0 Å². The van der Waals surface area contributed by atoms with Gasteiger partial charge in [0.05, 0.1) is 5.57 Å². The number of benzene rings is 3. The maximum Gasteiger partial charge on any atom is 0.258 e. The Morgan fingerprint density at radius 1 is 0.767 bits per heavy atom. The summed E-state index contributed by atoms with van der Waals surface area (Å²) < 4.78 is 2.14. The highest BCUT2D eigenvalue weighted by Crippen LogP contribution is 2.31. The van der Waals surface area contributed by atoms with Crippen LogP contribution in [0.2, 0.25) is 0 Å². The van der Waals surface area contributed by atoms with E-state index in [0.717, 1.165) is 28.5 Å². The molecule has 1 aliphatic rings. The molecular weight excluding hydrogens is 372 g/mol. The zero-order valence-electron chi connectivity index (χ0n) is 16.3. The Morgan fingerprint density at radius 2 is 1.47 bits per heavy atom. The summed E-state index contributed by atoms with van der Waals surface area (Å²) in [6.07, 6.45) is 4.19. The molecule has 1 aromatic heterocycles. The SMILES string of the molecule is O=C1C=C(c2cn(Cc3ccccc3)c3ccc(Cc4ccccc4)cc23)C(=O)N1. The Hall–Kier alpha value is -3.92. The second-order valence-corrected chi connectivity index (χ2v) is 7.55. The van der Waals surface area contributed by atoms with E-state index in [1.807, 2.05) is 42.6 Å². The van der Waals surface area contributed by atoms with Crippen molar-refractivity contribution in [2.75, 3.05) is 0 Å². The van der Waals surface area contributed by atoms with Gasteiger partial charge in [0.2, 0.25) is 0 Å². The molecule has 4 heteroatoms. The zero-order valence-corrected chi connectivity index (χ0v) is 16.3. The lowest BCUT2D eigenvalue weighted by molar-refractivity contribution is -0.123. The summed E-state index contributed by atoms with van der Waals surface area (Å²) in [6, 6.07) is 26.9. The quantitative estimate of drug-likeness (QED) is 0.514. The van der Waals surface area contributed by atoms with Crippen molar-refractivity contribution in [2.24, 2.45) is 0 Å². The van der Waals surface area contributed by atoms with Crippen molar-refractivity contribution in [3.05, 3.63) is 113 Å². The number of amides is 2. The minimum Gasteiger partial charge on any atom is -0.342 e. The highest BCUT2D eigenvalue weighted by molar-refractivity contribution is 6.35. The lowest BCUT2D eigenvalue weighted by Gasteiger charge is -2.07. The van der Waals surface area contributed by atoms with Gasteiger partial charge >= 0.3 is 0 Å². The molecule has 0 radical (unpaired) electrons. The number of hydrogen-bond donors (Lipinski definition) is 1. The summed E-state index contributed by atoms with van der Waals surface area (Å²) in [7, 11) is 0. The van der Waals surface area contributed by atoms with E-state index in [-0.39, 0.29) is 11.8 Å². The van der Waals surface area contributed by atoms with Gasteiger partial charge in [-0.1, -0.05) is 66.7 Å². The molecule has 3 aromatic carbocycles. The molecule has 4 aromatic rings. The van der Waals surface area contributed by atoms with Crippen LogP contribution in [-0.4, -0.2) is 16.4 Å². The van der Waals surface area contributed by atoms with Gasteiger partial charge in [-0.25, -0.2) is 0 Å². The number of carbonyl (C=O) groups excluding carboxylic acids is 2. The van der Waals surface area contributed by atoms with E-state index in [2.05, 4.69) is 52.3 Å². The first-order chi connectivity index (χ1) is 14.7. The largest absolute Gasteiger partial charge is 0.342 e. The zero-order chi connectivity index (χ0) is 20.5. The smallest absolute Gasteiger partial charge is 0.258 e. The van der Waals surface area contributed by atoms with E-state index >= 15 is 0 Å². The first kappa shape index (κ1) is 18.1. The van der Waals surface area contributed by atoms with E-state index in [9.17, 15) is 9.59 Å². The van der Waals surface area contributed by atoms with Gasteiger partial charge in [-0.3, -0.25) is 14.9 Å². The molecule has 2 amide bonds. The molecule has 5 rings (SSSR count). The minimum atomic E-state index is -0.362. The predicted molar refractivity (Wildman–Crippen MR) is 118 cm³/mol. The van der Waals surface area contributed by atoms with Gasteiger partial charge in [-0.2, -0.15) is 0 Å². The summed E-state index contributed by atoms with van der Waals surface area (Å²) in [4.78, 5) is 24.1. The Bertz CT molecular complexity index is 1280. The monoisotopic (exact) mass is 392 g/mol. The van der Waals surface area contributed by atoms with Crippen LogP contribution in [0, 0.1) is 0 Å². The van der Waals surface area contributed by atoms with Crippen LogP contribution in [0.1, 0.15) is 22.3 Å². The van der Waals surface area contributed by atoms with Crippen molar-refractivity contribution in [3.63, 3.8) is 0 Å². The molecular formula is C26H20N2O2. The summed E-state index contributed by atoms with van der Waals surface area (Å²) in [6.45, 7) is 0.693.